The average Bonchev–Trinajstić information content (AvgIpc) is 2.42. The lowest BCUT2D eigenvalue weighted by atomic mass is 10.0. The molecule has 0 saturated heterocycles. The van der Waals surface area contributed by atoms with Gasteiger partial charge in [0.25, 0.3) is 0 Å². The molecule has 0 aromatic heterocycles. The second-order valence-electron chi connectivity index (χ2n) is 3.98. The molecule has 0 heterocycles. The highest BCUT2D eigenvalue weighted by molar-refractivity contribution is 6.09. The van der Waals surface area contributed by atoms with E-state index in [1.807, 2.05) is 0 Å². The van der Waals surface area contributed by atoms with Crippen LogP contribution in [-0.4, -0.2) is 12.4 Å². The molecule has 2 rings (SSSR count). The lowest BCUT2D eigenvalue weighted by molar-refractivity contribution is -0.0498. The molecule has 2 nitrogen and oxygen atoms in total. The van der Waals surface area contributed by atoms with E-state index in [2.05, 4.69) is 4.74 Å². The van der Waals surface area contributed by atoms with E-state index in [4.69, 9.17) is 0 Å². The summed E-state index contributed by atoms with van der Waals surface area (Å²) in [5.41, 5.74) is -0.738. The van der Waals surface area contributed by atoms with Crippen LogP contribution in [-0.2, 0) is 0 Å². The number of carbonyl (C=O) groups is 1. The number of ketones is 1. The van der Waals surface area contributed by atoms with Gasteiger partial charge in [-0.15, -0.1) is 0 Å². The van der Waals surface area contributed by atoms with Crippen molar-refractivity contribution in [2.75, 3.05) is 0 Å². The van der Waals surface area contributed by atoms with Gasteiger partial charge in [0, 0.05) is 11.6 Å². The molecule has 2 aromatic carbocycles. The first-order valence-corrected chi connectivity index (χ1v) is 5.62. The van der Waals surface area contributed by atoms with Crippen LogP contribution in [0.1, 0.15) is 15.9 Å². The normalized spacial score (nSPS) is 10.8. The fraction of sp³-hybridized carbons (Fsp3) is 0.0714. The van der Waals surface area contributed by atoms with Crippen molar-refractivity contribution in [2.24, 2.45) is 0 Å². The topological polar surface area (TPSA) is 26.3 Å². The van der Waals surface area contributed by atoms with Gasteiger partial charge < -0.3 is 4.74 Å². The number of rotatable bonds is 4. The molecule has 21 heavy (non-hydrogen) atoms. The summed E-state index contributed by atoms with van der Waals surface area (Å²) < 4.78 is 67.3. The van der Waals surface area contributed by atoms with E-state index in [0.717, 1.165) is 24.3 Å². The standard InChI is InChI=1S/C14H7F5O2/c15-10-6-12(17)11(16)5-9(10)13(20)7-1-3-8(4-2-7)21-14(18)19/h1-6,14H. The van der Waals surface area contributed by atoms with E-state index < -0.39 is 35.4 Å². The summed E-state index contributed by atoms with van der Waals surface area (Å²) in [4.78, 5) is 11.9. The highest BCUT2D eigenvalue weighted by atomic mass is 19.3. The number of halogens is 5. The minimum Gasteiger partial charge on any atom is -0.435 e. The van der Waals surface area contributed by atoms with Crippen molar-refractivity contribution < 1.29 is 31.5 Å². The molecular weight excluding hydrogens is 295 g/mol. The van der Waals surface area contributed by atoms with E-state index in [1.165, 1.54) is 0 Å². The fourth-order valence-corrected chi connectivity index (χ4v) is 1.64. The predicted octanol–water partition coefficient (Wildman–Crippen LogP) is 3.94. The van der Waals surface area contributed by atoms with Crippen molar-refractivity contribution >= 4 is 5.78 Å². The Morgan fingerprint density at radius 1 is 0.905 bits per heavy atom. The summed E-state index contributed by atoms with van der Waals surface area (Å²) >= 11 is 0. The van der Waals surface area contributed by atoms with Crippen molar-refractivity contribution in [3.05, 3.63) is 65.0 Å². The maximum atomic E-state index is 13.5. The monoisotopic (exact) mass is 302 g/mol. The minimum absolute atomic E-state index is 0.0819. The van der Waals surface area contributed by atoms with Crippen LogP contribution in [0.3, 0.4) is 0 Å². The molecule has 0 aliphatic heterocycles. The molecule has 0 saturated carbocycles. The van der Waals surface area contributed by atoms with Gasteiger partial charge in [-0.05, 0) is 30.3 Å². The van der Waals surface area contributed by atoms with Crippen LogP contribution >= 0.6 is 0 Å². The summed E-state index contributed by atoms with van der Waals surface area (Å²) in [6.45, 7) is -3.02. The van der Waals surface area contributed by atoms with Gasteiger partial charge in [-0.25, -0.2) is 13.2 Å². The smallest absolute Gasteiger partial charge is 0.387 e. The van der Waals surface area contributed by atoms with Crippen LogP contribution in [0.4, 0.5) is 22.0 Å². The highest BCUT2D eigenvalue weighted by Gasteiger charge is 2.18. The molecule has 2 aromatic rings. The third-order valence-corrected chi connectivity index (χ3v) is 2.60. The Morgan fingerprint density at radius 2 is 1.48 bits per heavy atom. The first-order chi connectivity index (χ1) is 9.88. The van der Waals surface area contributed by atoms with Gasteiger partial charge >= 0.3 is 6.61 Å². The van der Waals surface area contributed by atoms with Crippen molar-refractivity contribution in [1.82, 2.24) is 0 Å². The van der Waals surface area contributed by atoms with Crippen molar-refractivity contribution in [1.29, 1.82) is 0 Å². The fourth-order valence-electron chi connectivity index (χ4n) is 1.64. The molecule has 0 bridgehead atoms. The molecular formula is C14H7F5O2. The van der Waals surface area contributed by atoms with Gasteiger partial charge in [-0.3, -0.25) is 4.79 Å². The number of alkyl halides is 2. The van der Waals surface area contributed by atoms with Crippen LogP contribution in [0.5, 0.6) is 5.75 Å². The van der Waals surface area contributed by atoms with Crippen LogP contribution in [0.2, 0.25) is 0 Å². The molecule has 0 radical (unpaired) electrons. The van der Waals surface area contributed by atoms with Gasteiger partial charge in [0.2, 0.25) is 0 Å². The van der Waals surface area contributed by atoms with Crippen molar-refractivity contribution in [2.45, 2.75) is 6.61 Å². The predicted molar refractivity (Wildman–Crippen MR) is 62.8 cm³/mol. The zero-order chi connectivity index (χ0) is 15.6. The zero-order valence-corrected chi connectivity index (χ0v) is 10.2. The lowest BCUT2D eigenvalue weighted by Gasteiger charge is -2.06. The summed E-state index contributed by atoms with van der Waals surface area (Å²) in [7, 11) is 0. The maximum Gasteiger partial charge on any atom is 0.387 e. The molecule has 110 valence electrons. The molecule has 0 spiro atoms. The SMILES string of the molecule is O=C(c1ccc(OC(F)F)cc1)c1cc(F)c(F)cc1F. The second-order valence-corrected chi connectivity index (χ2v) is 3.98. The van der Waals surface area contributed by atoms with E-state index in [1.54, 1.807) is 0 Å². The van der Waals surface area contributed by atoms with Crippen LogP contribution < -0.4 is 4.74 Å². The lowest BCUT2D eigenvalue weighted by Crippen LogP contribution is -2.07. The van der Waals surface area contributed by atoms with Gasteiger partial charge in [0.05, 0.1) is 5.56 Å². The molecule has 0 aliphatic carbocycles. The van der Waals surface area contributed by atoms with E-state index in [0.29, 0.717) is 6.07 Å². The Bertz CT molecular complexity index is 668. The summed E-state index contributed by atoms with van der Waals surface area (Å²) in [6, 6.07) is 5.09. The van der Waals surface area contributed by atoms with E-state index in [9.17, 15) is 26.7 Å². The summed E-state index contributed by atoms with van der Waals surface area (Å²) in [6.07, 6.45) is 0. The van der Waals surface area contributed by atoms with Gasteiger partial charge in [-0.1, -0.05) is 0 Å². The van der Waals surface area contributed by atoms with Gasteiger partial charge in [-0.2, -0.15) is 8.78 Å². The Morgan fingerprint density at radius 3 is 2.05 bits per heavy atom. The third kappa shape index (κ3) is 3.36. The maximum absolute atomic E-state index is 13.5. The largest absolute Gasteiger partial charge is 0.435 e. The molecule has 0 amide bonds. The Balaban J connectivity index is 2.30. The highest BCUT2D eigenvalue weighted by Crippen LogP contribution is 2.20. The zero-order valence-electron chi connectivity index (χ0n) is 10.2. The number of carbonyl (C=O) groups excluding carboxylic acids is 1. The number of ether oxygens (including phenoxy) is 1. The molecule has 0 atom stereocenters. The third-order valence-electron chi connectivity index (χ3n) is 2.60. The average molecular weight is 302 g/mol. The molecule has 0 unspecified atom stereocenters. The van der Waals surface area contributed by atoms with Crippen LogP contribution in [0, 0.1) is 17.5 Å². The molecule has 0 aliphatic rings. The van der Waals surface area contributed by atoms with Gasteiger partial charge in [0.15, 0.2) is 17.4 Å². The quantitative estimate of drug-likeness (QED) is 0.486. The van der Waals surface area contributed by atoms with Crippen LogP contribution in [0.15, 0.2) is 36.4 Å². The first kappa shape index (κ1) is 15.0. The van der Waals surface area contributed by atoms with Gasteiger partial charge in [0.1, 0.15) is 11.6 Å². The van der Waals surface area contributed by atoms with E-state index >= 15 is 0 Å². The number of hydrogen-bond donors (Lipinski definition) is 0. The van der Waals surface area contributed by atoms with E-state index in [-0.39, 0.29) is 17.4 Å². The Hall–Kier alpha value is -2.44. The van der Waals surface area contributed by atoms with Crippen molar-refractivity contribution in [3.8, 4) is 5.75 Å². The molecule has 7 heteroatoms. The van der Waals surface area contributed by atoms with Crippen LogP contribution in [0.25, 0.3) is 0 Å². The first-order valence-electron chi connectivity index (χ1n) is 5.62. The number of hydrogen-bond acceptors (Lipinski definition) is 2. The number of benzene rings is 2. The summed E-state index contributed by atoms with van der Waals surface area (Å²) in [5.74, 6) is -5.09. The minimum atomic E-state index is -3.02. The molecule has 0 fully saturated rings. The Labute approximate surface area is 115 Å². The molecule has 0 N–H and O–H groups in total. The Kier molecular flexibility index (Phi) is 4.21. The van der Waals surface area contributed by atoms with Crippen molar-refractivity contribution in [3.63, 3.8) is 0 Å². The summed E-state index contributed by atoms with van der Waals surface area (Å²) in [5, 5.41) is 0. The second kappa shape index (κ2) is 5.90.